The zero-order valence-electron chi connectivity index (χ0n) is 16.2. The second-order valence-electron chi connectivity index (χ2n) is 8.01. The van der Waals surface area contributed by atoms with Gasteiger partial charge in [0.05, 0.1) is 0 Å². The molecule has 1 aromatic carbocycles. The first kappa shape index (κ1) is 20.0. The molecule has 27 heavy (non-hydrogen) atoms. The average molecular weight is 373 g/mol. The lowest BCUT2D eigenvalue weighted by atomic mass is 9.96. The Morgan fingerprint density at radius 1 is 0.926 bits per heavy atom. The highest BCUT2D eigenvalue weighted by atomic mass is 16.3. The van der Waals surface area contributed by atoms with Gasteiger partial charge in [0.2, 0.25) is 5.91 Å². The predicted octanol–water partition coefficient (Wildman–Crippen LogP) is 2.59. The van der Waals surface area contributed by atoms with Crippen LogP contribution in [0, 0.1) is 11.8 Å². The van der Waals surface area contributed by atoms with Gasteiger partial charge in [-0.2, -0.15) is 0 Å². The summed E-state index contributed by atoms with van der Waals surface area (Å²) in [7, 11) is 0. The van der Waals surface area contributed by atoms with Crippen molar-refractivity contribution in [2.75, 3.05) is 39.3 Å². The Balaban J connectivity index is 1.49. The third-order valence-electron chi connectivity index (χ3n) is 6.02. The van der Waals surface area contributed by atoms with Gasteiger partial charge < -0.3 is 14.9 Å². The first-order valence-electron chi connectivity index (χ1n) is 10.4. The normalized spacial score (nSPS) is 24.0. The van der Waals surface area contributed by atoms with E-state index in [0.29, 0.717) is 24.6 Å². The van der Waals surface area contributed by atoms with Crippen LogP contribution >= 0.6 is 0 Å². The summed E-state index contributed by atoms with van der Waals surface area (Å²) in [5.41, 5.74) is 0.666. The lowest BCUT2D eigenvalue weighted by Gasteiger charge is -2.26. The van der Waals surface area contributed by atoms with E-state index >= 15 is 0 Å². The van der Waals surface area contributed by atoms with Crippen molar-refractivity contribution in [1.82, 2.24) is 9.80 Å². The van der Waals surface area contributed by atoms with Crippen molar-refractivity contribution in [3.8, 4) is 0 Å². The molecule has 2 saturated heterocycles. The summed E-state index contributed by atoms with van der Waals surface area (Å²) in [6, 6.07) is 9.15. The second kappa shape index (κ2) is 10.00. The SMILES string of the molecule is O=C(CCC(=O)N1C[C@@H](CO)[C@@H](CN2CCCCCC2)C1)c1ccccc1. The molecule has 1 N–H and O–H groups in total. The van der Waals surface area contributed by atoms with E-state index in [-0.39, 0.29) is 37.1 Å². The van der Waals surface area contributed by atoms with Crippen molar-refractivity contribution in [1.29, 1.82) is 0 Å². The smallest absolute Gasteiger partial charge is 0.223 e. The summed E-state index contributed by atoms with van der Waals surface area (Å²) in [6.45, 7) is 4.69. The molecule has 0 unspecified atom stereocenters. The van der Waals surface area contributed by atoms with Gasteiger partial charge in [0.15, 0.2) is 5.78 Å². The molecular weight excluding hydrogens is 340 g/mol. The van der Waals surface area contributed by atoms with Gasteiger partial charge in [-0.25, -0.2) is 0 Å². The number of ketones is 1. The Morgan fingerprint density at radius 3 is 2.26 bits per heavy atom. The van der Waals surface area contributed by atoms with Crippen LogP contribution in [0.25, 0.3) is 0 Å². The van der Waals surface area contributed by atoms with Gasteiger partial charge in [-0.15, -0.1) is 0 Å². The Labute approximate surface area is 162 Å². The molecule has 5 nitrogen and oxygen atoms in total. The number of rotatable bonds is 7. The third-order valence-corrected chi connectivity index (χ3v) is 6.02. The number of benzene rings is 1. The topological polar surface area (TPSA) is 60.9 Å². The van der Waals surface area contributed by atoms with Crippen molar-refractivity contribution >= 4 is 11.7 Å². The average Bonchev–Trinajstić information content (AvgIpc) is 2.93. The largest absolute Gasteiger partial charge is 0.396 e. The summed E-state index contributed by atoms with van der Waals surface area (Å²) < 4.78 is 0. The van der Waals surface area contributed by atoms with E-state index < -0.39 is 0 Å². The highest BCUT2D eigenvalue weighted by molar-refractivity contribution is 5.97. The summed E-state index contributed by atoms with van der Waals surface area (Å²) in [4.78, 5) is 29.2. The van der Waals surface area contributed by atoms with Gasteiger partial charge in [0.1, 0.15) is 0 Å². The zero-order chi connectivity index (χ0) is 19.1. The number of hydrogen-bond acceptors (Lipinski definition) is 4. The minimum Gasteiger partial charge on any atom is -0.396 e. The van der Waals surface area contributed by atoms with E-state index in [1.165, 1.54) is 25.7 Å². The molecule has 0 radical (unpaired) electrons. The predicted molar refractivity (Wildman–Crippen MR) is 106 cm³/mol. The molecule has 2 atom stereocenters. The molecule has 2 fully saturated rings. The van der Waals surface area contributed by atoms with E-state index in [9.17, 15) is 14.7 Å². The zero-order valence-corrected chi connectivity index (χ0v) is 16.2. The van der Waals surface area contributed by atoms with Gasteiger partial charge >= 0.3 is 0 Å². The molecule has 1 amide bonds. The highest BCUT2D eigenvalue weighted by Gasteiger charge is 2.35. The van der Waals surface area contributed by atoms with Crippen molar-refractivity contribution in [2.24, 2.45) is 11.8 Å². The molecule has 0 saturated carbocycles. The quantitative estimate of drug-likeness (QED) is 0.748. The molecule has 0 bridgehead atoms. The van der Waals surface area contributed by atoms with Gasteiger partial charge in [0.25, 0.3) is 0 Å². The van der Waals surface area contributed by atoms with Crippen molar-refractivity contribution in [2.45, 2.75) is 38.5 Å². The number of likely N-dealkylation sites (tertiary alicyclic amines) is 2. The minimum absolute atomic E-state index is 0.0166. The maximum atomic E-state index is 12.6. The lowest BCUT2D eigenvalue weighted by molar-refractivity contribution is -0.130. The van der Waals surface area contributed by atoms with Gasteiger partial charge in [-0.1, -0.05) is 43.2 Å². The number of carbonyl (C=O) groups excluding carboxylic acids is 2. The molecular formula is C22H32N2O3. The molecule has 0 aliphatic carbocycles. The number of aliphatic hydroxyl groups is 1. The fourth-order valence-electron chi connectivity index (χ4n) is 4.35. The number of amides is 1. The van der Waals surface area contributed by atoms with Crippen LogP contribution in [-0.2, 0) is 4.79 Å². The first-order chi connectivity index (χ1) is 13.2. The van der Waals surface area contributed by atoms with Crippen LogP contribution in [-0.4, -0.2) is 65.9 Å². The Morgan fingerprint density at radius 2 is 1.59 bits per heavy atom. The third kappa shape index (κ3) is 5.63. The Kier molecular flexibility index (Phi) is 7.41. The fourth-order valence-corrected chi connectivity index (χ4v) is 4.35. The fraction of sp³-hybridized carbons (Fsp3) is 0.636. The minimum atomic E-state index is 0.0166. The van der Waals surface area contributed by atoms with E-state index in [1.54, 1.807) is 12.1 Å². The summed E-state index contributed by atoms with van der Waals surface area (Å²) in [5.74, 6) is 0.544. The van der Waals surface area contributed by atoms with Crippen molar-refractivity contribution in [3.05, 3.63) is 35.9 Å². The van der Waals surface area contributed by atoms with Crippen molar-refractivity contribution in [3.63, 3.8) is 0 Å². The van der Waals surface area contributed by atoms with E-state index in [0.717, 1.165) is 19.6 Å². The van der Waals surface area contributed by atoms with Gasteiger partial charge in [-0.05, 0) is 31.8 Å². The number of Topliss-reactive ketones (excluding diaryl/α,β-unsaturated/α-hetero) is 1. The maximum Gasteiger partial charge on any atom is 0.223 e. The Bertz CT molecular complexity index is 611. The van der Waals surface area contributed by atoms with Crippen LogP contribution < -0.4 is 0 Å². The summed E-state index contributed by atoms with van der Waals surface area (Å²) in [6.07, 6.45) is 5.62. The molecule has 3 rings (SSSR count). The van der Waals surface area contributed by atoms with Crippen LogP contribution in [0.15, 0.2) is 30.3 Å². The number of aliphatic hydroxyl groups excluding tert-OH is 1. The van der Waals surface area contributed by atoms with Crippen molar-refractivity contribution < 1.29 is 14.7 Å². The summed E-state index contributed by atoms with van der Waals surface area (Å²) in [5, 5.41) is 9.78. The molecule has 0 aromatic heterocycles. The summed E-state index contributed by atoms with van der Waals surface area (Å²) >= 11 is 0. The molecule has 2 heterocycles. The van der Waals surface area contributed by atoms with Gasteiger partial charge in [0, 0.05) is 50.6 Å². The Hall–Kier alpha value is -1.72. The molecule has 2 aliphatic rings. The standard InChI is InChI=1S/C22H32N2O3/c25-17-20-16-24(15-19(20)14-23-12-6-1-2-7-13-23)22(27)11-10-21(26)18-8-4-3-5-9-18/h3-5,8-9,19-20,25H,1-2,6-7,10-17H2/t19-,20-/m0/s1. The van der Waals surface area contributed by atoms with E-state index in [2.05, 4.69) is 4.90 Å². The molecule has 1 aromatic rings. The first-order valence-corrected chi connectivity index (χ1v) is 10.4. The van der Waals surface area contributed by atoms with Crippen LogP contribution in [0.4, 0.5) is 0 Å². The van der Waals surface area contributed by atoms with Crippen LogP contribution in [0.2, 0.25) is 0 Å². The number of nitrogens with zero attached hydrogens (tertiary/aromatic N) is 2. The number of carbonyl (C=O) groups is 2. The molecule has 148 valence electrons. The van der Waals surface area contributed by atoms with Crippen LogP contribution in [0.5, 0.6) is 0 Å². The van der Waals surface area contributed by atoms with E-state index in [1.807, 2.05) is 23.1 Å². The molecule has 0 spiro atoms. The molecule has 5 heteroatoms. The van der Waals surface area contributed by atoms with Crippen LogP contribution in [0.3, 0.4) is 0 Å². The number of hydrogen-bond donors (Lipinski definition) is 1. The van der Waals surface area contributed by atoms with Gasteiger partial charge in [-0.3, -0.25) is 9.59 Å². The second-order valence-corrected chi connectivity index (χ2v) is 8.01. The highest BCUT2D eigenvalue weighted by Crippen LogP contribution is 2.26. The molecule has 2 aliphatic heterocycles. The van der Waals surface area contributed by atoms with E-state index in [4.69, 9.17) is 0 Å². The maximum absolute atomic E-state index is 12.6. The van der Waals surface area contributed by atoms with Crippen LogP contribution in [0.1, 0.15) is 48.9 Å². The lowest BCUT2D eigenvalue weighted by Crippen LogP contribution is -2.35. The monoisotopic (exact) mass is 372 g/mol.